The molecule has 1 saturated heterocycles. The summed E-state index contributed by atoms with van der Waals surface area (Å²) in [6, 6.07) is 9.56. The second kappa shape index (κ2) is 6.55. The molecular formula is C20H24N4O3. The van der Waals surface area contributed by atoms with Crippen LogP contribution in [0.4, 0.5) is 0 Å². The van der Waals surface area contributed by atoms with Crippen LogP contribution >= 0.6 is 0 Å². The molecule has 2 atom stereocenters. The lowest BCUT2D eigenvalue weighted by Crippen LogP contribution is -2.45. The van der Waals surface area contributed by atoms with Crippen molar-refractivity contribution in [2.75, 3.05) is 6.61 Å². The van der Waals surface area contributed by atoms with E-state index in [2.05, 4.69) is 5.10 Å². The predicted molar refractivity (Wildman–Crippen MR) is 98.5 cm³/mol. The molecule has 7 nitrogen and oxygen atoms in total. The lowest BCUT2D eigenvalue weighted by molar-refractivity contribution is -0.136. The van der Waals surface area contributed by atoms with E-state index >= 15 is 0 Å². The van der Waals surface area contributed by atoms with E-state index in [9.17, 15) is 9.59 Å². The molecule has 0 unspecified atom stereocenters. The number of carbonyl (C=O) groups is 1. The molecule has 1 amide bonds. The Hall–Kier alpha value is -2.57. The lowest BCUT2D eigenvalue weighted by atomic mass is 10.1. The first-order valence-corrected chi connectivity index (χ1v) is 9.84. The highest BCUT2D eigenvalue weighted by Crippen LogP contribution is 2.32. The number of benzene rings is 1. The van der Waals surface area contributed by atoms with Gasteiger partial charge in [0.1, 0.15) is 11.6 Å². The molecule has 3 heterocycles. The maximum absolute atomic E-state index is 12.9. The summed E-state index contributed by atoms with van der Waals surface area (Å²) in [7, 11) is 0. The van der Waals surface area contributed by atoms with Crippen LogP contribution in [0.25, 0.3) is 0 Å². The van der Waals surface area contributed by atoms with Crippen LogP contribution in [0.1, 0.15) is 31.5 Å². The standard InChI is InChI=1S/C20H24N4O3/c25-19(13-27-17-4-2-1-3-5-17)24-15-8-9-16(24)12-22-18(10-15)21-23(20(22)26)11-14-6-7-14/h1-5,14-16H,6-13H2/t15-,16+/m0/s1. The molecule has 1 aromatic carbocycles. The summed E-state index contributed by atoms with van der Waals surface area (Å²) in [6.45, 7) is 1.32. The Bertz CT molecular complexity index is 900. The highest BCUT2D eigenvalue weighted by molar-refractivity contribution is 5.79. The molecule has 27 heavy (non-hydrogen) atoms. The summed E-state index contributed by atoms with van der Waals surface area (Å²) in [4.78, 5) is 27.5. The van der Waals surface area contributed by atoms with Crippen LogP contribution in [-0.2, 0) is 24.3 Å². The summed E-state index contributed by atoms with van der Waals surface area (Å²) >= 11 is 0. The average molecular weight is 368 g/mol. The van der Waals surface area contributed by atoms with Crippen LogP contribution in [0.3, 0.4) is 0 Å². The smallest absolute Gasteiger partial charge is 0.345 e. The number of ether oxygens (including phenoxy) is 1. The minimum atomic E-state index is -0.0163. The zero-order valence-corrected chi connectivity index (χ0v) is 15.3. The van der Waals surface area contributed by atoms with Crippen molar-refractivity contribution in [3.63, 3.8) is 0 Å². The highest BCUT2D eigenvalue weighted by Gasteiger charge is 2.41. The van der Waals surface area contributed by atoms with Gasteiger partial charge >= 0.3 is 5.69 Å². The number of para-hydroxylation sites is 1. The van der Waals surface area contributed by atoms with Crippen molar-refractivity contribution in [1.82, 2.24) is 19.2 Å². The molecule has 0 N–H and O–H groups in total. The Morgan fingerprint density at radius 3 is 2.67 bits per heavy atom. The highest BCUT2D eigenvalue weighted by atomic mass is 16.5. The van der Waals surface area contributed by atoms with Gasteiger partial charge in [-0.3, -0.25) is 9.36 Å². The van der Waals surface area contributed by atoms with Gasteiger partial charge in [0.2, 0.25) is 0 Å². The van der Waals surface area contributed by atoms with E-state index in [1.165, 1.54) is 12.8 Å². The first-order valence-electron chi connectivity index (χ1n) is 9.84. The van der Waals surface area contributed by atoms with Crippen molar-refractivity contribution in [3.8, 4) is 5.75 Å². The van der Waals surface area contributed by atoms with Gasteiger partial charge in [0, 0.05) is 25.6 Å². The van der Waals surface area contributed by atoms with E-state index in [-0.39, 0.29) is 30.3 Å². The van der Waals surface area contributed by atoms with Crippen molar-refractivity contribution < 1.29 is 9.53 Å². The van der Waals surface area contributed by atoms with Gasteiger partial charge in [0.15, 0.2) is 6.61 Å². The van der Waals surface area contributed by atoms with Gasteiger partial charge in [-0.2, -0.15) is 5.10 Å². The third-order valence-electron chi connectivity index (χ3n) is 5.95. The van der Waals surface area contributed by atoms with E-state index in [1.54, 1.807) is 9.25 Å². The lowest BCUT2D eigenvalue weighted by Gasteiger charge is -2.27. The number of hydrogen-bond acceptors (Lipinski definition) is 4. The van der Waals surface area contributed by atoms with Crippen LogP contribution < -0.4 is 10.4 Å². The molecule has 142 valence electrons. The van der Waals surface area contributed by atoms with Gasteiger partial charge in [-0.15, -0.1) is 0 Å². The number of amides is 1. The predicted octanol–water partition coefficient (Wildman–Crippen LogP) is 1.45. The Labute approximate surface area is 157 Å². The molecule has 5 rings (SSSR count). The van der Waals surface area contributed by atoms with Gasteiger partial charge in [0.25, 0.3) is 5.91 Å². The Kier molecular flexibility index (Phi) is 4.02. The Balaban J connectivity index is 1.31. The first-order chi connectivity index (χ1) is 13.2. The zero-order valence-electron chi connectivity index (χ0n) is 15.3. The second-order valence-electron chi connectivity index (χ2n) is 7.93. The monoisotopic (exact) mass is 368 g/mol. The Morgan fingerprint density at radius 1 is 1.11 bits per heavy atom. The van der Waals surface area contributed by atoms with Crippen LogP contribution in [0.5, 0.6) is 5.75 Å². The van der Waals surface area contributed by atoms with E-state index in [1.807, 2.05) is 35.2 Å². The number of nitrogens with zero attached hydrogens (tertiary/aromatic N) is 4. The maximum Gasteiger partial charge on any atom is 0.345 e. The van der Waals surface area contributed by atoms with Gasteiger partial charge in [0.05, 0.1) is 6.04 Å². The molecule has 2 bridgehead atoms. The van der Waals surface area contributed by atoms with Crippen LogP contribution in [0, 0.1) is 5.92 Å². The summed E-state index contributed by atoms with van der Waals surface area (Å²) in [5.74, 6) is 2.14. The largest absolute Gasteiger partial charge is 0.484 e. The van der Waals surface area contributed by atoms with Crippen molar-refractivity contribution in [2.24, 2.45) is 5.92 Å². The van der Waals surface area contributed by atoms with Crippen molar-refractivity contribution in [3.05, 3.63) is 46.6 Å². The molecule has 3 aliphatic rings. The van der Waals surface area contributed by atoms with E-state index in [4.69, 9.17) is 4.74 Å². The third-order valence-corrected chi connectivity index (χ3v) is 5.95. The molecule has 0 radical (unpaired) electrons. The number of rotatable bonds is 5. The van der Waals surface area contributed by atoms with Gasteiger partial charge in [-0.1, -0.05) is 18.2 Å². The normalized spacial score (nSPS) is 23.8. The molecule has 2 aromatic rings. The fourth-order valence-corrected chi connectivity index (χ4v) is 4.39. The molecule has 2 aliphatic heterocycles. The fraction of sp³-hybridized carbons (Fsp3) is 0.550. The minimum Gasteiger partial charge on any atom is -0.484 e. The summed E-state index contributed by atoms with van der Waals surface area (Å²) < 4.78 is 9.10. The number of aromatic nitrogens is 3. The average Bonchev–Trinajstić information content (AvgIpc) is 3.37. The first kappa shape index (κ1) is 16.6. The van der Waals surface area contributed by atoms with Gasteiger partial charge < -0.3 is 9.64 Å². The maximum atomic E-state index is 12.9. The SMILES string of the molecule is O=C(COc1ccccc1)N1[C@@H]2CC[C@H]1Cc1nn(CC3CC3)c(=O)n1C2. The summed E-state index contributed by atoms with van der Waals surface area (Å²) in [5, 5.41) is 4.59. The van der Waals surface area contributed by atoms with Crippen LogP contribution in [0.15, 0.2) is 35.1 Å². The zero-order chi connectivity index (χ0) is 18.4. The molecule has 2 fully saturated rings. The minimum absolute atomic E-state index is 0.00425. The Morgan fingerprint density at radius 2 is 1.89 bits per heavy atom. The quantitative estimate of drug-likeness (QED) is 0.801. The molecule has 0 spiro atoms. The number of carbonyl (C=O) groups excluding carboxylic acids is 1. The molecule has 7 heteroatoms. The van der Waals surface area contributed by atoms with Gasteiger partial charge in [-0.05, 0) is 43.7 Å². The molecule has 1 saturated carbocycles. The van der Waals surface area contributed by atoms with Crippen LogP contribution in [0.2, 0.25) is 0 Å². The van der Waals surface area contributed by atoms with Crippen molar-refractivity contribution >= 4 is 5.91 Å². The molecule has 1 aliphatic carbocycles. The van der Waals surface area contributed by atoms with Crippen LogP contribution in [-0.4, -0.2) is 43.8 Å². The third kappa shape index (κ3) is 3.15. The van der Waals surface area contributed by atoms with E-state index < -0.39 is 0 Å². The van der Waals surface area contributed by atoms with Gasteiger partial charge in [-0.25, -0.2) is 9.48 Å². The second-order valence-corrected chi connectivity index (χ2v) is 7.93. The summed E-state index contributed by atoms with van der Waals surface area (Å²) in [5.41, 5.74) is -0.0163. The number of hydrogen-bond donors (Lipinski definition) is 0. The topological polar surface area (TPSA) is 69.4 Å². The van der Waals surface area contributed by atoms with E-state index in [0.29, 0.717) is 24.6 Å². The van der Waals surface area contributed by atoms with E-state index in [0.717, 1.165) is 25.2 Å². The van der Waals surface area contributed by atoms with Crippen molar-refractivity contribution in [2.45, 2.75) is 57.3 Å². The molecule has 1 aromatic heterocycles. The van der Waals surface area contributed by atoms with Crippen molar-refractivity contribution in [1.29, 1.82) is 0 Å². The molecular weight excluding hydrogens is 344 g/mol. The fourth-order valence-electron chi connectivity index (χ4n) is 4.39. The summed E-state index contributed by atoms with van der Waals surface area (Å²) in [6.07, 6.45) is 4.94. The number of fused-ring (bicyclic) bond motifs is 3.